The van der Waals surface area contributed by atoms with Gasteiger partial charge in [-0.2, -0.15) is 5.53 Å². The van der Waals surface area contributed by atoms with Crippen LogP contribution in [0.3, 0.4) is 0 Å². The summed E-state index contributed by atoms with van der Waals surface area (Å²) in [4.78, 5) is 14.9. The van der Waals surface area contributed by atoms with Crippen LogP contribution in [0.1, 0.15) is 10.4 Å². The fourth-order valence-electron chi connectivity index (χ4n) is 0.751. The van der Waals surface area contributed by atoms with Crippen molar-refractivity contribution in [3.8, 4) is 0 Å². The SMILES string of the molecule is NNNC(=O)c1ccc(NN)nc1. The molecule has 0 saturated carbocycles. The van der Waals surface area contributed by atoms with Crippen LogP contribution in [-0.4, -0.2) is 10.9 Å². The van der Waals surface area contributed by atoms with Gasteiger partial charge in [0.05, 0.1) is 5.56 Å². The van der Waals surface area contributed by atoms with Crippen LogP contribution < -0.4 is 28.1 Å². The van der Waals surface area contributed by atoms with Gasteiger partial charge in [0.1, 0.15) is 5.82 Å². The number of hydrogen-bond acceptors (Lipinski definition) is 6. The number of pyridine rings is 1. The first kappa shape index (κ1) is 9.39. The van der Waals surface area contributed by atoms with Crippen molar-refractivity contribution in [1.29, 1.82) is 0 Å². The lowest BCUT2D eigenvalue weighted by atomic mass is 10.3. The number of nitrogens with zero attached hydrogens (tertiary/aromatic N) is 1. The number of hydrogen-bond donors (Lipinski definition) is 5. The zero-order valence-electron chi connectivity index (χ0n) is 6.74. The van der Waals surface area contributed by atoms with E-state index in [-0.39, 0.29) is 5.91 Å². The molecule has 13 heavy (non-hydrogen) atoms. The highest BCUT2D eigenvalue weighted by atomic mass is 16.2. The molecule has 0 aliphatic heterocycles. The zero-order valence-corrected chi connectivity index (χ0v) is 6.74. The molecule has 1 aromatic rings. The second-order valence-electron chi connectivity index (χ2n) is 2.17. The minimum absolute atomic E-state index is 0.362. The fourth-order valence-corrected chi connectivity index (χ4v) is 0.751. The number of anilines is 1. The summed E-state index contributed by atoms with van der Waals surface area (Å²) in [6.07, 6.45) is 1.38. The highest BCUT2D eigenvalue weighted by molar-refractivity contribution is 5.93. The predicted octanol–water partition coefficient (Wildman–Crippen LogP) is -1.52. The molecule has 70 valence electrons. The molecule has 0 aliphatic rings. The summed E-state index contributed by atoms with van der Waals surface area (Å²) in [6.45, 7) is 0. The number of carbonyl (C=O) groups excluding carboxylic acids is 1. The number of nitrogens with two attached hydrogens (primary N) is 2. The van der Waals surface area contributed by atoms with Crippen molar-refractivity contribution in [1.82, 2.24) is 15.9 Å². The molecule has 0 aromatic carbocycles. The molecule has 0 aliphatic carbocycles. The number of rotatable bonds is 3. The highest BCUT2D eigenvalue weighted by Crippen LogP contribution is 2.02. The van der Waals surface area contributed by atoms with Crippen molar-refractivity contribution in [2.75, 3.05) is 5.43 Å². The molecule has 1 amide bonds. The van der Waals surface area contributed by atoms with Gasteiger partial charge in [0, 0.05) is 6.20 Å². The summed E-state index contributed by atoms with van der Waals surface area (Å²) >= 11 is 0. The van der Waals surface area contributed by atoms with Crippen molar-refractivity contribution in [3.63, 3.8) is 0 Å². The van der Waals surface area contributed by atoms with Crippen molar-refractivity contribution < 1.29 is 4.79 Å². The Morgan fingerprint density at radius 2 is 2.15 bits per heavy atom. The second kappa shape index (κ2) is 4.36. The van der Waals surface area contributed by atoms with Gasteiger partial charge in [-0.15, -0.1) is 0 Å². The maximum Gasteiger partial charge on any atom is 0.268 e. The minimum Gasteiger partial charge on any atom is -0.308 e. The maximum atomic E-state index is 11.1. The lowest BCUT2D eigenvalue weighted by molar-refractivity contribution is 0.0933. The first-order valence-electron chi connectivity index (χ1n) is 3.46. The summed E-state index contributed by atoms with van der Waals surface area (Å²) in [6, 6.07) is 3.14. The van der Waals surface area contributed by atoms with Crippen LogP contribution in [0.4, 0.5) is 5.82 Å². The first-order valence-corrected chi connectivity index (χ1v) is 3.46. The van der Waals surface area contributed by atoms with E-state index in [1.165, 1.54) is 6.20 Å². The summed E-state index contributed by atoms with van der Waals surface area (Å²) in [5.74, 6) is 10.1. The molecule has 0 spiro atoms. The zero-order chi connectivity index (χ0) is 9.68. The maximum absolute atomic E-state index is 11.1. The summed E-state index contributed by atoms with van der Waals surface area (Å²) in [5, 5.41) is 0. The molecule has 1 heterocycles. The summed E-state index contributed by atoms with van der Waals surface area (Å²) < 4.78 is 0. The molecule has 0 bridgehead atoms. The van der Waals surface area contributed by atoms with Gasteiger partial charge in [-0.25, -0.2) is 10.8 Å². The molecule has 0 unspecified atom stereocenters. The Bertz CT molecular complexity index is 284. The van der Waals surface area contributed by atoms with Gasteiger partial charge in [-0.05, 0) is 12.1 Å². The number of carbonyl (C=O) groups is 1. The van der Waals surface area contributed by atoms with Crippen LogP contribution in [0.15, 0.2) is 18.3 Å². The van der Waals surface area contributed by atoms with Crippen LogP contribution in [-0.2, 0) is 0 Å². The summed E-state index contributed by atoms with van der Waals surface area (Å²) in [5.41, 5.74) is 6.95. The van der Waals surface area contributed by atoms with Gasteiger partial charge in [-0.1, -0.05) is 0 Å². The molecule has 0 saturated heterocycles. The van der Waals surface area contributed by atoms with E-state index in [1.54, 1.807) is 12.1 Å². The van der Waals surface area contributed by atoms with Crippen molar-refractivity contribution in [2.45, 2.75) is 0 Å². The molecule has 1 rings (SSSR count). The van der Waals surface area contributed by atoms with E-state index in [4.69, 9.17) is 11.7 Å². The average Bonchev–Trinajstić information content (AvgIpc) is 2.18. The molecule has 7 N–H and O–H groups in total. The van der Waals surface area contributed by atoms with Gasteiger partial charge in [0.15, 0.2) is 0 Å². The van der Waals surface area contributed by atoms with E-state index in [2.05, 4.69) is 15.8 Å². The predicted molar refractivity (Wildman–Crippen MR) is 46.8 cm³/mol. The van der Waals surface area contributed by atoms with Crippen LogP contribution in [0.25, 0.3) is 0 Å². The largest absolute Gasteiger partial charge is 0.308 e. The lowest BCUT2D eigenvalue weighted by Crippen LogP contribution is -2.42. The third-order valence-corrected chi connectivity index (χ3v) is 1.36. The second-order valence-corrected chi connectivity index (χ2v) is 2.17. The van der Waals surface area contributed by atoms with E-state index < -0.39 is 0 Å². The van der Waals surface area contributed by atoms with Crippen LogP contribution >= 0.6 is 0 Å². The third kappa shape index (κ3) is 2.37. The normalized spacial score (nSPS) is 9.38. The number of nitrogen functional groups attached to an aromatic ring is 1. The number of amides is 1. The topological polar surface area (TPSA) is 118 Å². The van der Waals surface area contributed by atoms with Gasteiger partial charge in [0.25, 0.3) is 5.91 Å². The molecule has 7 nitrogen and oxygen atoms in total. The molecule has 1 aromatic heterocycles. The Hall–Kier alpha value is -1.70. The van der Waals surface area contributed by atoms with E-state index in [0.29, 0.717) is 11.4 Å². The Morgan fingerprint density at radius 3 is 2.62 bits per heavy atom. The quantitative estimate of drug-likeness (QED) is 0.286. The van der Waals surface area contributed by atoms with Crippen molar-refractivity contribution >= 4 is 11.7 Å². The summed E-state index contributed by atoms with van der Waals surface area (Å²) in [7, 11) is 0. The number of aromatic nitrogens is 1. The molecule has 0 fully saturated rings. The van der Waals surface area contributed by atoms with E-state index in [9.17, 15) is 4.79 Å². The highest BCUT2D eigenvalue weighted by Gasteiger charge is 2.03. The molecule has 7 heteroatoms. The Labute approximate surface area is 74.4 Å². The van der Waals surface area contributed by atoms with Gasteiger partial charge in [-0.3, -0.25) is 16.1 Å². The van der Waals surface area contributed by atoms with E-state index in [0.717, 1.165) is 0 Å². The molecular formula is C6H10N6O. The van der Waals surface area contributed by atoms with Gasteiger partial charge >= 0.3 is 0 Å². The molecule has 0 atom stereocenters. The first-order chi connectivity index (χ1) is 6.27. The van der Waals surface area contributed by atoms with Gasteiger partial charge < -0.3 is 5.43 Å². The van der Waals surface area contributed by atoms with Gasteiger partial charge in [0.2, 0.25) is 0 Å². The van der Waals surface area contributed by atoms with Crippen molar-refractivity contribution in [2.24, 2.45) is 11.7 Å². The Balaban J connectivity index is 2.74. The molecular weight excluding hydrogens is 172 g/mol. The molecule has 0 radical (unpaired) electrons. The Kier molecular flexibility index (Phi) is 3.15. The van der Waals surface area contributed by atoms with E-state index >= 15 is 0 Å². The third-order valence-electron chi connectivity index (χ3n) is 1.36. The average molecular weight is 182 g/mol. The number of nitrogens with one attached hydrogen (secondary N) is 3. The lowest BCUT2D eigenvalue weighted by Gasteiger charge is -2.02. The standard InChI is InChI=1S/C6H10N6O/c7-10-5-2-1-4(3-9-5)6(13)11-12-8/h1-3,12H,7-8H2,(H,9,10)(H,11,13). The fraction of sp³-hybridized carbons (Fsp3) is 0. The van der Waals surface area contributed by atoms with E-state index in [1.807, 2.05) is 5.53 Å². The minimum atomic E-state index is -0.362. The van der Waals surface area contributed by atoms with Crippen LogP contribution in [0.2, 0.25) is 0 Å². The smallest absolute Gasteiger partial charge is 0.268 e. The van der Waals surface area contributed by atoms with Crippen LogP contribution in [0, 0.1) is 0 Å². The van der Waals surface area contributed by atoms with Crippen LogP contribution in [0.5, 0.6) is 0 Å². The monoisotopic (exact) mass is 182 g/mol. The Morgan fingerprint density at radius 1 is 1.38 bits per heavy atom. The number of hydrazine groups is 3. The van der Waals surface area contributed by atoms with Crippen molar-refractivity contribution in [3.05, 3.63) is 23.9 Å².